The summed E-state index contributed by atoms with van der Waals surface area (Å²) in [5.74, 6) is 1.59. The molecule has 1 fully saturated rings. The molecule has 7 nitrogen and oxygen atoms in total. The molecule has 174 valence electrons. The number of benzene rings is 1. The molecule has 1 saturated carbocycles. The highest BCUT2D eigenvalue weighted by Crippen LogP contribution is 2.29. The number of aromatic nitrogens is 2. The number of hydrogen-bond acceptors (Lipinski definition) is 4. The van der Waals surface area contributed by atoms with Crippen molar-refractivity contribution in [3.8, 4) is 11.4 Å². The van der Waals surface area contributed by atoms with E-state index in [1.165, 1.54) is 0 Å². The first-order chi connectivity index (χ1) is 15.1. The van der Waals surface area contributed by atoms with Gasteiger partial charge in [0.25, 0.3) is 0 Å². The third kappa shape index (κ3) is 5.69. The number of rotatable bonds is 8. The molecule has 0 saturated heterocycles. The van der Waals surface area contributed by atoms with Crippen molar-refractivity contribution in [3.05, 3.63) is 36.0 Å². The molecule has 1 heterocycles. The van der Waals surface area contributed by atoms with Gasteiger partial charge in [-0.15, -0.1) is 0 Å². The van der Waals surface area contributed by atoms with Crippen LogP contribution in [0, 0.1) is 11.8 Å². The van der Waals surface area contributed by atoms with Gasteiger partial charge < -0.3 is 15.0 Å². The van der Waals surface area contributed by atoms with E-state index in [0.717, 1.165) is 36.4 Å². The van der Waals surface area contributed by atoms with Crippen LogP contribution in [0.15, 0.2) is 30.3 Å². The van der Waals surface area contributed by atoms with Crippen molar-refractivity contribution < 1.29 is 14.3 Å². The fourth-order valence-corrected chi connectivity index (χ4v) is 3.70. The van der Waals surface area contributed by atoms with E-state index in [2.05, 4.69) is 39.9 Å². The predicted octanol–water partition coefficient (Wildman–Crippen LogP) is 4.40. The molecule has 0 aliphatic heterocycles. The van der Waals surface area contributed by atoms with Crippen LogP contribution in [0.5, 0.6) is 5.75 Å². The summed E-state index contributed by atoms with van der Waals surface area (Å²) >= 11 is 0. The van der Waals surface area contributed by atoms with Gasteiger partial charge in [-0.25, -0.2) is 4.68 Å². The van der Waals surface area contributed by atoms with Gasteiger partial charge in [0.15, 0.2) is 0 Å². The molecule has 1 N–H and O–H groups in total. The van der Waals surface area contributed by atoms with Crippen molar-refractivity contribution in [1.29, 1.82) is 0 Å². The SMILES string of the molecule is COc1ccc(-n2nc(C(C)(C)C)cc2NC(=O)CN(CC(C)C)C(=O)C2CCC2)cc1. The van der Waals surface area contributed by atoms with Gasteiger partial charge in [0.05, 0.1) is 25.0 Å². The van der Waals surface area contributed by atoms with Gasteiger partial charge in [0.2, 0.25) is 11.8 Å². The first kappa shape index (κ1) is 23.8. The molecule has 1 aliphatic carbocycles. The van der Waals surface area contributed by atoms with E-state index in [4.69, 9.17) is 9.84 Å². The molecule has 1 aromatic carbocycles. The Labute approximate surface area is 191 Å². The molecule has 2 amide bonds. The highest BCUT2D eigenvalue weighted by molar-refractivity contribution is 5.94. The van der Waals surface area contributed by atoms with Gasteiger partial charge in [-0.2, -0.15) is 5.10 Å². The second kappa shape index (κ2) is 9.76. The van der Waals surface area contributed by atoms with Gasteiger partial charge in [-0.3, -0.25) is 9.59 Å². The summed E-state index contributed by atoms with van der Waals surface area (Å²) in [6, 6.07) is 9.43. The Morgan fingerprint density at radius 2 is 1.88 bits per heavy atom. The van der Waals surface area contributed by atoms with Crippen LogP contribution in [0.4, 0.5) is 5.82 Å². The van der Waals surface area contributed by atoms with Crippen molar-refractivity contribution in [3.63, 3.8) is 0 Å². The maximum absolute atomic E-state index is 13.0. The minimum Gasteiger partial charge on any atom is -0.497 e. The number of hydrogen-bond donors (Lipinski definition) is 1. The Kier molecular flexibility index (Phi) is 7.26. The molecule has 0 atom stereocenters. The fourth-order valence-electron chi connectivity index (χ4n) is 3.70. The van der Waals surface area contributed by atoms with E-state index in [0.29, 0.717) is 18.3 Å². The maximum atomic E-state index is 13.0. The average Bonchev–Trinajstić information content (AvgIpc) is 3.10. The molecule has 1 aromatic heterocycles. The Hall–Kier alpha value is -2.83. The van der Waals surface area contributed by atoms with Crippen LogP contribution in [0.2, 0.25) is 0 Å². The largest absolute Gasteiger partial charge is 0.497 e. The summed E-state index contributed by atoms with van der Waals surface area (Å²) in [6.07, 6.45) is 2.94. The summed E-state index contributed by atoms with van der Waals surface area (Å²) in [5, 5.41) is 7.75. The molecule has 32 heavy (non-hydrogen) atoms. The van der Waals surface area contributed by atoms with Crippen LogP contribution < -0.4 is 10.1 Å². The Bertz CT molecular complexity index is 937. The topological polar surface area (TPSA) is 76.5 Å². The van der Waals surface area contributed by atoms with E-state index in [1.807, 2.05) is 30.3 Å². The monoisotopic (exact) mass is 440 g/mol. The minimum absolute atomic E-state index is 0.0478. The normalized spacial score (nSPS) is 14.2. The summed E-state index contributed by atoms with van der Waals surface area (Å²) < 4.78 is 6.99. The predicted molar refractivity (Wildman–Crippen MR) is 126 cm³/mol. The second-order valence-electron chi connectivity index (χ2n) is 10.1. The zero-order chi connectivity index (χ0) is 23.5. The highest BCUT2D eigenvalue weighted by Gasteiger charge is 2.31. The summed E-state index contributed by atoms with van der Waals surface area (Å²) in [7, 11) is 1.63. The van der Waals surface area contributed by atoms with E-state index in [-0.39, 0.29) is 29.7 Å². The van der Waals surface area contributed by atoms with Crippen LogP contribution in [-0.2, 0) is 15.0 Å². The van der Waals surface area contributed by atoms with E-state index in [1.54, 1.807) is 16.7 Å². The third-order valence-electron chi connectivity index (χ3n) is 5.75. The lowest BCUT2D eigenvalue weighted by Crippen LogP contribution is -2.44. The molecule has 1 aliphatic rings. The van der Waals surface area contributed by atoms with E-state index < -0.39 is 0 Å². The highest BCUT2D eigenvalue weighted by atomic mass is 16.5. The Balaban J connectivity index is 1.82. The lowest BCUT2D eigenvalue weighted by atomic mass is 9.84. The van der Waals surface area contributed by atoms with Gasteiger partial charge in [-0.1, -0.05) is 41.0 Å². The first-order valence-corrected chi connectivity index (χ1v) is 11.4. The molecule has 0 bridgehead atoms. The van der Waals surface area contributed by atoms with Crippen LogP contribution >= 0.6 is 0 Å². The summed E-state index contributed by atoms with van der Waals surface area (Å²) in [4.78, 5) is 27.6. The van der Waals surface area contributed by atoms with Crippen molar-refractivity contribution >= 4 is 17.6 Å². The van der Waals surface area contributed by atoms with E-state index in [9.17, 15) is 9.59 Å². The maximum Gasteiger partial charge on any atom is 0.245 e. The summed E-state index contributed by atoms with van der Waals surface area (Å²) in [5.41, 5.74) is 1.51. The molecule has 2 aromatic rings. The minimum atomic E-state index is -0.214. The van der Waals surface area contributed by atoms with Crippen molar-refractivity contribution in [2.75, 3.05) is 25.5 Å². The number of carbonyl (C=O) groups is 2. The fraction of sp³-hybridized carbons (Fsp3) is 0.560. The summed E-state index contributed by atoms with van der Waals surface area (Å²) in [6.45, 7) is 11.0. The molecular formula is C25H36N4O3. The Morgan fingerprint density at radius 3 is 2.38 bits per heavy atom. The van der Waals surface area contributed by atoms with Crippen molar-refractivity contribution in [2.24, 2.45) is 11.8 Å². The standard InChI is InChI=1S/C25H36N4O3/c1-17(2)15-28(24(31)18-8-7-9-18)16-23(30)26-22-14-21(25(3,4)5)27-29(22)19-10-12-20(32-6)13-11-19/h10-14,17-18H,7-9,15-16H2,1-6H3,(H,26,30). The van der Waals surface area contributed by atoms with Gasteiger partial charge in [0, 0.05) is 23.9 Å². The number of anilines is 1. The Morgan fingerprint density at radius 1 is 1.22 bits per heavy atom. The second-order valence-corrected chi connectivity index (χ2v) is 10.1. The van der Waals surface area contributed by atoms with Crippen LogP contribution in [0.3, 0.4) is 0 Å². The van der Waals surface area contributed by atoms with Crippen LogP contribution in [-0.4, -0.2) is 46.7 Å². The van der Waals surface area contributed by atoms with E-state index >= 15 is 0 Å². The molecule has 0 radical (unpaired) electrons. The zero-order valence-electron chi connectivity index (χ0n) is 20.1. The lowest BCUT2D eigenvalue weighted by Gasteiger charge is -2.32. The molecule has 7 heteroatoms. The average molecular weight is 441 g/mol. The van der Waals surface area contributed by atoms with Crippen molar-refractivity contribution in [1.82, 2.24) is 14.7 Å². The number of carbonyl (C=O) groups excluding carboxylic acids is 2. The number of nitrogens with zero attached hydrogens (tertiary/aromatic N) is 3. The lowest BCUT2D eigenvalue weighted by molar-refractivity contribution is -0.141. The zero-order valence-corrected chi connectivity index (χ0v) is 20.1. The molecule has 0 spiro atoms. The quantitative estimate of drug-likeness (QED) is 0.660. The van der Waals surface area contributed by atoms with Gasteiger partial charge in [0.1, 0.15) is 11.6 Å². The molecular weight excluding hydrogens is 404 g/mol. The third-order valence-corrected chi connectivity index (χ3v) is 5.75. The molecule has 3 rings (SSSR count). The van der Waals surface area contributed by atoms with Crippen LogP contribution in [0.1, 0.15) is 59.6 Å². The van der Waals surface area contributed by atoms with Gasteiger partial charge in [-0.05, 0) is 43.0 Å². The molecule has 0 unspecified atom stereocenters. The van der Waals surface area contributed by atoms with Crippen molar-refractivity contribution in [2.45, 2.75) is 59.3 Å². The van der Waals surface area contributed by atoms with Crippen LogP contribution in [0.25, 0.3) is 5.69 Å². The smallest absolute Gasteiger partial charge is 0.245 e. The van der Waals surface area contributed by atoms with Gasteiger partial charge >= 0.3 is 0 Å². The number of nitrogens with one attached hydrogen (secondary N) is 1. The number of amides is 2. The first-order valence-electron chi connectivity index (χ1n) is 11.4. The number of methoxy groups -OCH3 is 1. The number of ether oxygens (including phenoxy) is 1.